The zero-order chi connectivity index (χ0) is 19.6. The maximum Gasteiger partial charge on any atom is 0.150 e. The molecule has 0 radical (unpaired) electrons. The summed E-state index contributed by atoms with van der Waals surface area (Å²) in [5, 5.41) is 0. The van der Waals surface area contributed by atoms with Gasteiger partial charge >= 0.3 is 0 Å². The van der Waals surface area contributed by atoms with Gasteiger partial charge in [0.1, 0.15) is 34.4 Å². The number of anilines is 1. The third-order valence-electron chi connectivity index (χ3n) is 4.63. The molecule has 5 rings (SSSR count). The van der Waals surface area contributed by atoms with E-state index in [9.17, 15) is 0 Å². The summed E-state index contributed by atoms with van der Waals surface area (Å²) in [7, 11) is 0. The van der Waals surface area contributed by atoms with Crippen LogP contribution in [0.4, 0.5) is 5.82 Å². The number of pyridine rings is 1. The van der Waals surface area contributed by atoms with Crippen LogP contribution in [-0.4, -0.2) is 19.4 Å². The number of benzene rings is 2. The number of nitrogens with two attached hydrogens (primary N) is 1. The highest BCUT2D eigenvalue weighted by Crippen LogP contribution is 2.33. The lowest BCUT2D eigenvalue weighted by Crippen LogP contribution is -1.96. The van der Waals surface area contributed by atoms with Crippen LogP contribution in [0.3, 0.4) is 0 Å². The van der Waals surface area contributed by atoms with E-state index >= 15 is 0 Å². The SMILES string of the molecule is Nc1nccn2c(-c3ccncc3)nc(-c3ccc(Oc4ccccc4)cc3)c12. The van der Waals surface area contributed by atoms with Gasteiger partial charge < -0.3 is 10.5 Å². The molecule has 0 atom stereocenters. The molecule has 0 saturated heterocycles. The van der Waals surface area contributed by atoms with E-state index in [1.54, 1.807) is 18.6 Å². The van der Waals surface area contributed by atoms with Crippen LogP contribution in [-0.2, 0) is 0 Å². The Hall–Kier alpha value is -4.19. The van der Waals surface area contributed by atoms with E-state index in [2.05, 4.69) is 9.97 Å². The Morgan fingerprint density at radius 3 is 2.24 bits per heavy atom. The highest BCUT2D eigenvalue weighted by atomic mass is 16.5. The van der Waals surface area contributed by atoms with Crippen molar-refractivity contribution in [3.63, 3.8) is 0 Å². The summed E-state index contributed by atoms with van der Waals surface area (Å²) in [6.45, 7) is 0. The molecular formula is C23H17N5O. The molecule has 0 bridgehead atoms. The number of aromatic nitrogens is 4. The monoisotopic (exact) mass is 379 g/mol. The van der Waals surface area contributed by atoms with Gasteiger partial charge in [-0.05, 0) is 48.5 Å². The van der Waals surface area contributed by atoms with E-state index in [0.717, 1.165) is 39.7 Å². The first kappa shape index (κ1) is 16.9. The number of rotatable bonds is 4. The summed E-state index contributed by atoms with van der Waals surface area (Å²) in [5.74, 6) is 2.76. The quantitative estimate of drug-likeness (QED) is 0.484. The van der Waals surface area contributed by atoms with Crippen molar-refractivity contribution in [2.45, 2.75) is 0 Å². The van der Waals surface area contributed by atoms with Gasteiger partial charge in [-0.2, -0.15) is 0 Å². The van der Waals surface area contributed by atoms with Gasteiger partial charge in [-0.25, -0.2) is 9.97 Å². The number of para-hydroxylation sites is 1. The smallest absolute Gasteiger partial charge is 0.150 e. The minimum absolute atomic E-state index is 0.430. The van der Waals surface area contributed by atoms with Crippen molar-refractivity contribution in [2.75, 3.05) is 5.73 Å². The van der Waals surface area contributed by atoms with Gasteiger partial charge in [0.2, 0.25) is 0 Å². The Balaban J connectivity index is 1.58. The van der Waals surface area contributed by atoms with Crippen molar-refractivity contribution in [3.8, 4) is 34.1 Å². The van der Waals surface area contributed by atoms with E-state index < -0.39 is 0 Å². The molecule has 29 heavy (non-hydrogen) atoms. The number of hydrogen-bond donors (Lipinski definition) is 1. The average molecular weight is 379 g/mol. The van der Waals surface area contributed by atoms with Crippen molar-refractivity contribution in [1.29, 1.82) is 0 Å². The number of nitrogen functional groups attached to an aromatic ring is 1. The van der Waals surface area contributed by atoms with Crippen LogP contribution < -0.4 is 10.5 Å². The molecule has 0 amide bonds. The summed E-state index contributed by atoms with van der Waals surface area (Å²) in [5.41, 5.74) is 9.64. The van der Waals surface area contributed by atoms with E-state index in [-0.39, 0.29) is 0 Å². The fraction of sp³-hybridized carbons (Fsp3) is 0. The molecule has 2 N–H and O–H groups in total. The number of fused-ring (bicyclic) bond motifs is 1. The lowest BCUT2D eigenvalue weighted by atomic mass is 10.1. The molecule has 0 aliphatic rings. The van der Waals surface area contributed by atoms with Gasteiger partial charge in [0.25, 0.3) is 0 Å². The minimum atomic E-state index is 0.430. The average Bonchev–Trinajstić information content (AvgIpc) is 3.17. The molecule has 5 aromatic rings. The predicted molar refractivity (Wildman–Crippen MR) is 113 cm³/mol. The van der Waals surface area contributed by atoms with Crippen LogP contribution in [0.1, 0.15) is 0 Å². The second-order valence-corrected chi connectivity index (χ2v) is 6.49. The first-order valence-electron chi connectivity index (χ1n) is 9.16. The topological polar surface area (TPSA) is 78.3 Å². The van der Waals surface area contributed by atoms with Crippen LogP contribution in [0, 0.1) is 0 Å². The Bertz CT molecular complexity index is 1270. The molecule has 0 aliphatic carbocycles. The van der Waals surface area contributed by atoms with Crippen LogP contribution >= 0.6 is 0 Å². The molecular weight excluding hydrogens is 362 g/mol. The van der Waals surface area contributed by atoms with Crippen LogP contribution in [0.5, 0.6) is 11.5 Å². The summed E-state index contributed by atoms with van der Waals surface area (Å²) >= 11 is 0. The second-order valence-electron chi connectivity index (χ2n) is 6.49. The van der Waals surface area contributed by atoms with E-state index in [1.165, 1.54) is 0 Å². The zero-order valence-electron chi connectivity index (χ0n) is 15.4. The second kappa shape index (κ2) is 7.09. The van der Waals surface area contributed by atoms with Crippen LogP contribution in [0.15, 0.2) is 91.5 Å². The van der Waals surface area contributed by atoms with Crippen LogP contribution in [0.2, 0.25) is 0 Å². The Kier molecular flexibility index (Phi) is 4.14. The largest absolute Gasteiger partial charge is 0.457 e. The molecule has 6 heteroatoms. The first-order valence-corrected chi connectivity index (χ1v) is 9.16. The lowest BCUT2D eigenvalue weighted by molar-refractivity contribution is 0.483. The van der Waals surface area contributed by atoms with Crippen molar-refractivity contribution in [3.05, 3.63) is 91.5 Å². The molecule has 0 aliphatic heterocycles. The van der Waals surface area contributed by atoms with Gasteiger partial charge in [-0.1, -0.05) is 18.2 Å². The molecule has 0 saturated carbocycles. The third kappa shape index (κ3) is 3.17. The molecule has 0 fully saturated rings. The molecule has 3 aromatic heterocycles. The maximum atomic E-state index is 6.21. The van der Waals surface area contributed by atoms with Crippen LogP contribution in [0.25, 0.3) is 28.2 Å². The van der Waals surface area contributed by atoms with Crippen molar-refractivity contribution >= 4 is 11.3 Å². The Labute approximate surface area is 167 Å². The predicted octanol–water partition coefficient (Wildman–Crippen LogP) is 4.83. The fourth-order valence-electron chi connectivity index (χ4n) is 3.28. The Morgan fingerprint density at radius 2 is 1.48 bits per heavy atom. The summed E-state index contributed by atoms with van der Waals surface area (Å²) < 4.78 is 7.85. The third-order valence-corrected chi connectivity index (χ3v) is 4.63. The lowest BCUT2D eigenvalue weighted by Gasteiger charge is -2.06. The van der Waals surface area contributed by atoms with Gasteiger partial charge in [0.05, 0.1) is 0 Å². The van der Waals surface area contributed by atoms with E-state index in [4.69, 9.17) is 15.5 Å². The van der Waals surface area contributed by atoms with Crippen molar-refractivity contribution < 1.29 is 4.74 Å². The standard InChI is InChI=1S/C23H17N5O/c24-22-21-20(16-6-8-19(9-7-16)29-18-4-2-1-3-5-18)27-23(28(21)15-14-26-22)17-10-12-25-13-11-17/h1-15H,(H2,24,26). The Morgan fingerprint density at radius 1 is 0.759 bits per heavy atom. The summed E-state index contributed by atoms with van der Waals surface area (Å²) in [6.07, 6.45) is 7.03. The number of ether oxygens (including phenoxy) is 1. The fourth-order valence-corrected chi connectivity index (χ4v) is 3.28. The normalized spacial score (nSPS) is 10.9. The first-order chi connectivity index (χ1) is 14.3. The highest BCUT2D eigenvalue weighted by molar-refractivity contribution is 5.88. The number of imidazole rings is 1. The summed E-state index contributed by atoms with van der Waals surface area (Å²) in [6, 6.07) is 21.3. The van der Waals surface area contributed by atoms with Gasteiger partial charge in [-0.3, -0.25) is 9.38 Å². The van der Waals surface area contributed by atoms with Gasteiger partial charge in [-0.15, -0.1) is 0 Å². The maximum absolute atomic E-state index is 6.21. The van der Waals surface area contributed by atoms with E-state index in [1.807, 2.05) is 77.3 Å². The minimum Gasteiger partial charge on any atom is -0.457 e. The molecule has 140 valence electrons. The molecule has 0 spiro atoms. The zero-order valence-corrected chi connectivity index (χ0v) is 15.4. The molecule has 6 nitrogen and oxygen atoms in total. The summed E-state index contributed by atoms with van der Waals surface area (Å²) in [4.78, 5) is 13.2. The van der Waals surface area contributed by atoms with Crippen molar-refractivity contribution in [1.82, 2.24) is 19.4 Å². The van der Waals surface area contributed by atoms with E-state index in [0.29, 0.717) is 5.82 Å². The molecule has 3 heterocycles. The van der Waals surface area contributed by atoms with Gasteiger partial charge in [0, 0.05) is 35.9 Å². The molecule has 2 aromatic carbocycles. The number of hydrogen-bond acceptors (Lipinski definition) is 5. The highest BCUT2D eigenvalue weighted by Gasteiger charge is 2.17. The number of nitrogens with zero attached hydrogens (tertiary/aromatic N) is 4. The molecule has 0 unspecified atom stereocenters. The van der Waals surface area contributed by atoms with Gasteiger partial charge in [0.15, 0.2) is 0 Å². The van der Waals surface area contributed by atoms with Crippen molar-refractivity contribution in [2.24, 2.45) is 0 Å².